The fourth-order valence-electron chi connectivity index (χ4n) is 4.03. The molecule has 5 nitrogen and oxygen atoms in total. The topological polar surface area (TPSA) is 82.0 Å². The fourth-order valence-corrected chi connectivity index (χ4v) is 5.20. The van der Waals surface area contributed by atoms with Gasteiger partial charge in [-0.1, -0.05) is 53.2 Å². The molecule has 1 atom stereocenters. The van der Waals surface area contributed by atoms with Crippen molar-refractivity contribution >= 4 is 52.3 Å². The van der Waals surface area contributed by atoms with Crippen molar-refractivity contribution in [3.05, 3.63) is 85.5 Å². The van der Waals surface area contributed by atoms with Crippen molar-refractivity contribution in [3.63, 3.8) is 0 Å². The molecule has 2 aromatic rings. The lowest BCUT2D eigenvalue weighted by atomic mass is 9.77. The quantitative estimate of drug-likeness (QED) is 0.521. The predicted molar refractivity (Wildman–Crippen MR) is 133 cm³/mol. The normalized spacial score (nSPS) is 17.9. The van der Waals surface area contributed by atoms with Gasteiger partial charge in [-0.15, -0.1) is 0 Å². The smallest absolute Gasteiger partial charge is 0.234 e. The van der Waals surface area contributed by atoms with Gasteiger partial charge >= 0.3 is 0 Å². The third-order valence-electron chi connectivity index (χ3n) is 5.67. The predicted octanol–water partition coefficient (Wildman–Crippen LogP) is 6.10. The average molecular weight is 498 g/mol. The number of nitrogens with zero attached hydrogens (tertiary/aromatic N) is 1. The molecule has 2 aromatic carbocycles. The van der Waals surface area contributed by atoms with Crippen molar-refractivity contribution in [2.45, 2.75) is 32.1 Å². The minimum Gasteiger partial charge on any atom is -0.352 e. The van der Waals surface area contributed by atoms with Crippen LogP contribution in [0.4, 0.5) is 5.69 Å². The highest BCUT2D eigenvalue weighted by Gasteiger charge is 2.37. The number of halogens is 2. The number of hydrogen-bond donors (Lipinski definition) is 2. The Bertz CT molecular complexity index is 1230. The highest BCUT2D eigenvalue weighted by molar-refractivity contribution is 8.03. The van der Waals surface area contributed by atoms with E-state index in [0.717, 1.165) is 29.7 Å². The van der Waals surface area contributed by atoms with E-state index in [-0.39, 0.29) is 17.4 Å². The molecule has 168 valence electrons. The van der Waals surface area contributed by atoms with Crippen LogP contribution in [-0.2, 0) is 9.59 Å². The third kappa shape index (κ3) is 5.11. The average Bonchev–Trinajstić information content (AvgIpc) is 2.80. The van der Waals surface area contributed by atoms with Crippen molar-refractivity contribution in [1.82, 2.24) is 5.32 Å². The summed E-state index contributed by atoms with van der Waals surface area (Å²) in [5.41, 5.74) is 4.28. The summed E-state index contributed by atoms with van der Waals surface area (Å²) < 4.78 is 0. The maximum absolute atomic E-state index is 12.8. The van der Waals surface area contributed by atoms with Gasteiger partial charge in [-0.3, -0.25) is 9.59 Å². The molecule has 8 heteroatoms. The number of aryl methyl sites for hydroxylation is 1. The highest BCUT2D eigenvalue weighted by atomic mass is 35.5. The maximum Gasteiger partial charge on any atom is 0.234 e. The molecule has 4 rings (SSSR count). The Hall–Kier alpha value is -2.72. The fraction of sp³-hybridized carbons (Fsp3) is 0.240. The molecule has 2 aliphatic rings. The molecular weight excluding hydrogens is 477 g/mol. The minimum absolute atomic E-state index is 0.0505. The molecule has 1 aliphatic carbocycles. The second-order valence-corrected chi connectivity index (χ2v) is 9.76. The Morgan fingerprint density at radius 2 is 1.97 bits per heavy atom. The van der Waals surface area contributed by atoms with Gasteiger partial charge in [0.2, 0.25) is 5.91 Å². The Morgan fingerprint density at radius 3 is 2.67 bits per heavy atom. The summed E-state index contributed by atoms with van der Waals surface area (Å²) in [5, 5.41) is 17.9. The zero-order valence-corrected chi connectivity index (χ0v) is 20.2. The van der Waals surface area contributed by atoms with Crippen LogP contribution < -0.4 is 10.6 Å². The number of rotatable bonds is 5. The number of ketones is 1. The second kappa shape index (κ2) is 10.0. The molecule has 1 heterocycles. The summed E-state index contributed by atoms with van der Waals surface area (Å²) >= 11 is 13.5. The molecule has 1 amide bonds. The van der Waals surface area contributed by atoms with Crippen LogP contribution in [0.3, 0.4) is 0 Å². The zero-order chi connectivity index (χ0) is 23.5. The second-order valence-electron chi connectivity index (χ2n) is 7.93. The molecule has 0 saturated heterocycles. The van der Waals surface area contributed by atoms with Gasteiger partial charge in [-0.2, -0.15) is 5.26 Å². The first kappa shape index (κ1) is 23.4. The van der Waals surface area contributed by atoms with Crippen LogP contribution in [0.5, 0.6) is 0 Å². The molecule has 0 bridgehead atoms. The number of carbonyl (C=O) groups excluding carboxylic acids is 2. The van der Waals surface area contributed by atoms with Gasteiger partial charge in [0.15, 0.2) is 5.78 Å². The van der Waals surface area contributed by atoms with E-state index in [9.17, 15) is 14.9 Å². The molecule has 0 aromatic heterocycles. The van der Waals surface area contributed by atoms with Crippen LogP contribution in [0.15, 0.2) is 64.3 Å². The molecule has 0 fully saturated rings. The number of amides is 1. The zero-order valence-electron chi connectivity index (χ0n) is 17.9. The number of benzene rings is 2. The van der Waals surface area contributed by atoms with E-state index in [4.69, 9.17) is 23.2 Å². The van der Waals surface area contributed by atoms with Crippen molar-refractivity contribution in [2.75, 3.05) is 11.1 Å². The molecular formula is C25H21Cl2N3O2S. The van der Waals surface area contributed by atoms with Crippen molar-refractivity contribution in [3.8, 4) is 6.07 Å². The number of hydrogen-bond acceptors (Lipinski definition) is 5. The first-order valence-corrected chi connectivity index (χ1v) is 12.2. The number of thioether (sulfide) groups is 1. The van der Waals surface area contributed by atoms with Gasteiger partial charge in [0.25, 0.3) is 0 Å². The molecule has 0 saturated carbocycles. The summed E-state index contributed by atoms with van der Waals surface area (Å²) in [6.07, 6.45) is 1.95. The minimum atomic E-state index is -0.474. The molecule has 1 unspecified atom stereocenters. The summed E-state index contributed by atoms with van der Waals surface area (Å²) in [4.78, 5) is 25.4. The molecule has 1 aliphatic heterocycles. The van der Waals surface area contributed by atoms with Gasteiger partial charge in [0.05, 0.1) is 28.3 Å². The van der Waals surface area contributed by atoms with E-state index in [2.05, 4.69) is 16.7 Å². The van der Waals surface area contributed by atoms with Crippen LogP contribution >= 0.6 is 35.0 Å². The highest BCUT2D eigenvalue weighted by Crippen LogP contribution is 2.44. The van der Waals surface area contributed by atoms with E-state index in [1.165, 1.54) is 11.8 Å². The Balaban J connectivity index is 1.59. The third-order valence-corrected chi connectivity index (χ3v) is 7.35. The molecule has 0 spiro atoms. The molecule has 0 radical (unpaired) electrons. The SMILES string of the molecule is Cc1ccc(NC(=O)CSC2=C(C#N)C(c3ccc(Cl)cc3)C3=C(CCCC3=O)N2)cc1Cl. The lowest BCUT2D eigenvalue weighted by molar-refractivity contribution is -0.116. The Morgan fingerprint density at radius 1 is 1.21 bits per heavy atom. The van der Waals surface area contributed by atoms with E-state index >= 15 is 0 Å². The number of carbonyl (C=O) groups is 2. The van der Waals surface area contributed by atoms with Crippen LogP contribution in [0.2, 0.25) is 10.0 Å². The van der Waals surface area contributed by atoms with Crippen LogP contribution in [-0.4, -0.2) is 17.4 Å². The van der Waals surface area contributed by atoms with Crippen LogP contribution in [0, 0.1) is 18.3 Å². The number of anilines is 1. The lowest BCUT2D eigenvalue weighted by Gasteiger charge is -2.33. The summed E-state index contributed by atoms with van der Waals surface area (Å²) in [6, 6.07) is 14.8. The molecule has 2 N–H and O–H groups in total. The van der Waals surface area contributed by atoms with Crippen LogP contribution in [0.25, 0.3) is 0 Å². The van der Waals surface area contributed by atoms with Crippen LogP contribution in [0.1, 0.15) is 36.3 Å². The monoisotopic (exact) mass is 497 g/mol. The van der Waals surface area contributed by atoms with Gasteiger partial charge in [0.1, 0.15) is 0 Å². The van der Waals surface area contributed by atoms with Gasteiger partial charge < -0.3 is 10.6 Å². The van der Waals surface area contributed by atoms with Gasteiger partial charge in [-0.25, -0.2) is 0 Å². The number of allylic oxidation sites excluding steroid dienone is 3. The first-order chi connectivity index (χ1) is 15.9. The van der Waals surface area contributed by atoms with Crippen molar-refractivity contribution in [2.24, 2.45) is 0 Å². The summed E-state index contributed by atoms with van der Waals surface area (Å²) in [6.45, 7) is 1.89. The standard InChI is InChI=1S/C25H21Cl2N3O2S/c1-14-5-10-17(11-19(14)27)29-22(32)13-33-25-18(12-28)23(15-6-8-16(26)9-7-15)24-20(30-25)3-2-4-21(24)31/h5-11,23,30H,2-4,13H2,1H3,(H,29,32). The van der Waals surface area contributed by atoms with Gasteiger partial charge in [-0.05, 0) is 55.2 Å². The summed E-state index contributed by atoms with van der Waals surface area (Å²) in [7, 11) is 0. The largest absolute Gasteiger partial charge is 0.352 e. The number of dihydropyridines is 1. The van der Waals surface area contributed by atoms with E-state index in [0.29, 0.717) is 38.3 Å². The van der Waals surface area contributed by atoms with E-state index in [1.807, 2.05) is 25.1 Å². The Labute approximate surface area is 206 Å². The van der Waals surface area contributed by atoms with E-state index < -0.39 is 5.92 Å². The Kier molecular flexibility index (Phi) is 7.14. The maximum atomic E-state index is 12.8. The van der Waals surface area contributed by atoms with Gasteiger partial charge in [0, 0.05) is 33.4 Å². The first-order valence-electron chi connectivity index (χ1n) is 10.5. The molecule has 33 heavy (non-hydrogen) atoms. The van der Waals surface area contributed by atoms with Crippen molar-refractivity contribution in [1.29, 1.82) is 5.26 Å². The number of Topliss-reactive ketones (excluding diaryl/α,β-unsaturated/α-hetero) is 1. The number of nitriles is 1. The summed E-state index contributed by atoms with van der Waals surface area (Å²) in [5.74, 6) is -0.538. The number of nitrogens with one attached hydrogen (secondary N) is 2. The lowest BCUT2D eigenvalue weighted by Crippen LogP contribution is -2.31. The van der Waals surface area contributed by atoms with Crippen molar-refractivity contribution < 1.29 is 9.59 Å². The van der Waals surface area contributed by atoms with E-state index in [1.54, 1.807) is 24.3 Å².